The van der Waals surface area contributed by atoms with E-state index in [1.54, 1.807) is 0 Å². The topological polar surface area (TPSA) is 50.7 Å². The molecule has 1 aromatic carbocycles. The molecule has 1 aromatic rings. The fourth-order valence-corrected chi connectivity index (χ4v) is 3.04. The molecule has 0 spiro atoms. The molecule has 2 aliphatic rings. The number of amides is 1. The predicted molar refractivity (Wildman–Crippen MR) is 82.1 cm³/mol. The summed E-state index contributed by atoms with van der Waals surface area (Å²) in [7, 11) is 0. The Hall–Kier alpha value is -1.84. The lowest BCUT2D eigenvalue weighted by Crippen LogP contribution is -2.41. The van der Waals surface area contributed by atoms with E-state index in [0.717, 1.165) is 24.1 Å². The zero-order valence-corrected chi connectivity index (χ0v) is 12.3. The van der Waals surface area contributed by atoms with Crippen molar-refractivity contribution >= 4 is 11.6 Å². The van der Waals surface area contributed by atoms with Crippen LogP contribution in [0.15, 0.2) is 35.5 Å². The van der Waals surface area contributed by atoms with E-state index in [1.165, 1.54) is 25.7 Å². The predicted octanol–water partition coefficient (Wildman–Crippen LogP) is 3.02. The molecule has 1 atom stereocenters. The van der Waals surface area contributed by atoms with Gasteiger partial charge in [0.2, 0.25) is 6.10 Å². The molecule has 0 bridgehead atoms. The SMILES string of the molecule is O=C(NC1CCCCCC1)[C@H]1CC(c2ccccc2)=NO1. The zero-order valence-electron chi connectivity index (χ0n) is 12.3. The van der Waals surface area contributed by atoms with Crippen LogP contribution < -0.4 is 5.32 Å². The monoisotopic (exact) mass is 286 g/mol. The molecule has 112 valence electrons. The average Bonchev–Trinajstić information content (AvgIpc) is 2.88. The maximum Gasteiger partial charge on any atom is 0.264 e. The second-order valence-corrected chi connectivity index (χ2v) is 5.90. The maximum absolute atomic E-state index is 12.3. The van der Waals surface area contributed by atoms with Gasteiger partial charge in [0.1, 0.15) is 0 Å². The van der Waals surface area contributed by atoms with Gasteiger partial charge < -0.3 is 10.2 Å². The first-order valence-electron chi connectivity index (χ1n) is 7.91. The van der Waals surface area contributed by atoms with Crippen molar-refractivity contribution in [3.05, 3.63) is 35.9 Å². The van der Waals surface area contributed by atoms with Gasteiger partial charge in [-0.3, -0.25) is 4.79 Å². The Balaban J connectivity index is 1.53. The van der Waals surface area contributed by atoms with Gasteiger partial charge in [-0.15, -0.1) is 0 Å². The highest BCUT2D eigenvalue weighted by molar-refractivity contribution is 6.04. The summed E-state index contributed by atoms with van der Waals surface area (Å²) in [5.41, 5.74) is 1.89. The number of oxime groups is 1. The molecule has 0 aromatic heterocycles. The molecule has 1 amide bonds. The van der Waals surface area contributed by atoms with Crippen molar-refractivity contribution in [3.8, 4) is 0 Å². The van der Waals surface area contributed by atoms with Crippen LogP contribution in [0.3, 0.4) is 0 Å². The fourth-order valence-electron chi connectivity index (χ4n) is 3.04. The third-order valence-corrected chi connectivity index (χ3v) is 4.27. The van der Waals surface area contributed by atoms with Gasteiger partial charge in [0.25, 0.3) is 5.91 Å². The second-order valence-electron chi connectivity index (χ2n) is 5.90. The first-order valence-corrected chi connectivity index (χ1v) is 7.91. The van der Waals surface area contributed by atoms with Gasteiger partial charge >= 0.3 is 0 Å². The molecule has 1 heterocycles. The molecular weight excluding hydrogens is 264 g/mol. The Kier molecular flexibility index (Phi) is 4.53. The lowest BCUT2D eigenvalue weighted by Gasteiger charge is -2.18. The molecule has 4 nitrogen and oxygen atoms in total. The molecule has 1 saturated carbocycles. The van der Waals surface area contributed by atoms with E-state index in [-0.39, 0.29) is 5.91 Å². The minimum absolute atomic E-state index is 0.0171. The van der Waals surface area contributed by atoms with Crippen molar-refractivity contribution in [3.63, 3.8) is 0 Å². The summed E-state index contributed by atoms with van der Waals surface area (Å²) in [5, 5.41) is 7.21. The van der Waals surface area contributed by atoms with Crippen LogP contribution in [-0.4, -0.2) is 23.8 Å². The minimum Gasteiger partial charge on any atom is -0.382 e. The van der Waals surface area contributed by atoms with Crippen LogP contribution >= 0.6 is 0 Å². The van der Waals surface area contributed by atoms with E-state index < -0.39 is 6.10 Å². The van der Waals surface area contributed by atoms with Crippen molar-refractivity contribution in [2.24, 2.45) is 5.16 Å². The van der Waals surface area contributed by atoms with Crippen LogP contribution in [0.5, 0.6) is 0 Å². The average molecular weight is 286 g/mol. The van der Waals surface area contributed by atoms with E-state index in [2.05, 4.69) is 10.5 Å². The maximum atomic E-state index is 12.3. The lowest BCUT2D eigenvalue weighted by atomic mass is 10.0. The van der Waals surface area contributed by atoms with Crippen molar-refractivity contribution in [1.29, 1.82) is 0 Å². The summed E-state index contributed by atoms with van der Waals surface area (Å²) < 4.78 is 0. The molecule has 4 heteroatoms. The van der Waals surface area contributed by atoms with E-state index >= 15 is 0 Å². The number of carbonyl (C=O) groups is 1. The van der Waals surface area contributed by atoms with Crippen molar-refractivity contribution in [1.82, 2.24) is 5.32 Å². The summed E-state index contributed by atoms with van der Waals surface area (Å²) >= 11 is 0. The Labute approximate surface area is 125 Å². The summed E-state index contributed by atoms with van der Waals surface area (Å²) in [6.07, 6.45) is 7.26. The first-order chi connectivity index (χ1) is 10.3. The summed E-state index contributed by atoms with van der Waals surface area (Å²) in [6.45, 7) is 0. The van der Waals surface area contributed by atoms with Gasteiger partial charge in [-0.2, -0.15) is 0 Å². The molecular formula is C17H22N2O2. The van der Waals surface area contributed by atoms with Gasteiger partial charge in [0, 0.05) is 12.5 Å². The van der Waals surface area contributed by atoms with Gasteiger partial charge in [0.15, 0.2) is 0 Å². The van der Waals surface area contributed by atoms with Gasteiger partial charge in [-0.1, -0.05) is 61.2 Å². The first kappa shape index (κ1) is 14.1. The minimum atomic E-state index is -0.469. The van der Waals surface area contributed by atoms with Crippen LogP contribution in [0, 0.1) is 0 Å². The fraction of sp³-hybridized carbons (Fsp3) is 0.529. The Morgan fingerprint density at radius 3 is 2.52 bits per heavy atom. The number of benzene rings is 1. The molecule has 1 aliphatic heterocycles. The Bertz CT molecular complexity index is 505. The number of nitrogens with zero attached hydrogens (tertiary/aromatic N) is 1. The van der Waals surface area contributed by atoms with Crippen molar-refractivity contribution < 1.29 is 9.63 Å². The number of hydrogen-bond acceptors (Lipinski definition) is 3. The van der Waals surface area contributed by atoms with Gasteiger partial charge in [-0.25, -0.2) is 0 Å². The van der Waals surface area contributed by atoms with Crippen LogP contribution in [0.2, 0.25) is 0 Å². The number of hydrogen-bond donors (Lipinski definition) is 1. The van der Waals surface area contributed by atoms with E-state index in [9.17, 15) is 4.79 Å². The molecule has 1 aliphatic carbocycles. The molecule has 0 saturated heterocycles. The highest BCUT2D eigenvalue weighted by Gasteiger charge is 2.30. The molecule has 1 N–H and O–H groups in total. The molecule has 0 unspecified atom stereocenters. The molecule has 0 radical (unpaired) electrons. The third-order valence-electron chi connectivity index (χ3n) is 4.27. The zero-order chi connectivity index (χ0) is 14.5. The summed E-state index contributed by atoms with van der Waals surface area (Å²) in [5.74, 6) is -0.0171. The standard InChI is InChI=1S/C17H22N2O2/c20-17(18-14-10-6-1-2-7-11-14)16-12-15(19-21-16)13-8-4-3-5-9-13/h3-5,8-9,14,16H,1-2,6-7,10-12H2,(H,18,20)/t16-/m1/s1. The third kappa shape index (κ3) is 3.63. The molecule has 3 rings (SSSR count). The Morgan fingerprint density at radius 1 is 1.10 bits per heavy atom. The summed E-state index contributed by atoms with van der Waals surface area (Å²) in [4.78, 5) is 17.6. The van der Waals surface area contributed by atoms with Gasteiger partial charge in [0.05, 0.1) is 5.71 Å². The van der Waals surface area contributed by atoms with Gasteiger partial charge in [-0.05, 0) is 18.4 Å². The largest absolute Gasteiger partial charge is 0.382 e. The molecule has 1 fully saturated rings. The van der Waals surface area contributed by atoms with E-state index in [0.29, 0.717) is 12.5 Å². The van der Waals surface area contributed by atoms with Crippen molar-refractivity contribution in [2.45, 2.75) is 57.1 Å². The highest BCUT2D eigenvalue weighted by atomic mass is 16.6. The number of carbonyl (C=O) groups excluding carboxylic acids is 1. The summed E-state index contributed by atoms with van der Waals surface area (Å²) in [6, 6.07) is 10.2. The quantitative estimate of drug-likeness (QED) is 0.868. The van der Waals surface area contributed by atoms with E-state index in [4.69, 9.17) is 4.84 Å². The lowest BCUT2D eigenvalue weighted by molar-refractivity contribution is -0.132. The number of rotatable bonds is 3. The molecule has 21 heavy (non-hydrogen) atoms. The van der Waals surface area contributed by atoms with E-state index in [1.807, 2.05) is 30.3 Å². The van der Waals surface area contributed by atoms with Crippen LogP contribution in [-0.2, 0) is 9.63 Å². The van der Waals surface area contributed by atoms with Crippen LogP contribution in [0.4, 0.5) is 0 Å². The van der Waals surface area contributed by atoms with Crippen LogP contribution in [0.1, 0.15) is 50.5 Å². The smallest absolute Gasteiger partial charge is 0.264 e. The normalized spacial score (nSPS) is 23.0. The number of nitrogens with one attached hydrogen (secondary N) is 1. The second kappa shape index (κ2) is 6.74. The van der Waals surface area contributed by atoms with Crippen molar-refractivity contribution in [2.75, 3.05) is 0 Å². The van der Waals surface area contributed by atoms with Crippen LogP contribution in [0.25, 0.3) is 0 Å². The Morgan fingerprint density at radius 2 is 1.81 bits per heavy atom. The highest BCUT2D eigenvalue weighted by Crippen LogP contribution is 2.20.